The number of hydrogen-bond donors (Lipinski definition) is 1. The summed E-state index contributed by atoms with van der Waals surface area (Å²) in [6.45, 7) is 2.24. The molecular weight excluding hydrogens is 446 g/mol. The topological polar surface area (TPSA) is 87.4 Å². The quantitative estimate of drug-likeness (QED) is 0.425. The van der Waals surface area contributed by atoms with Gasteiger partial charge in [-0.1, -0.05) is 23.2 Å². The molecule has 0 bridgehead atoms. The Kier molecular flexibility index (Phi) is 6.06. The molecule has 1 aromatic heterocycles. The van der Waals surface area contributed by atoms with Gasteiger partial charge in [0.05, 0.1) is 15.6 Å². The van der Waals surface area contributed by atoms with Crippen LogP contribution in [0, 0.1) is 15.9 Å². The Hall–Kier alpha value is -3.17. The largest absolute Gasteiger partial charge is 0.368 e. The smallest absolute Gasteiger partial charge is 0.353 e. The number of aromatic nitrogens is 2. The minimum absolute atomic E-state index is 0.0418. The van der Waals surface area contributed by atoms with Crippen LogP contribution in [0.3, 0.4) is 0 Å². The first-order valence-corrected chi connectivity index (χ1v) is 10.1. The maximum absolute atomic E-state index is 13.2. The van der Waals surface area contributed by atoms with Gasteiger partial charge in [0.2, 0.25) is 11.6 Å². The van der Waals surface area contributed by atoms with E-state index in [1.54, 1.807) is 24.3 Å². The Labute approximate surface area is 187 Å². The number of nitro groups is 1. The first kappa shape index (κ1) is 21.1. The van der Waals surface area contributed by atoms with Crippen molar-refractivity contribution in [2.24, 2.45) is 0 Å². The number of halogens is 3. The summed E-state index contributed by atoms with van der Waals surface area (Å²) < 4.78 is 13.2. The van der Waals surface area contributed by atoms with Crippen molar-refractivity contribution >= 4 is 51.9 Å². The van der Waals surface area contributed by atoms with Crippen LogP contribution in [0.2, 0.25) is 10.0 Å². The maximum Gasteiger partial charge on any atom is 0.353 e. The zero-order valence-corrected chi connectivity index (χ0v) is 17.6. The van der Waals surface area contributed by atoms with Gasteiger partial charge < -0.3 is 15.1 Å². The molecule has 8 nitrogen and oxygen atoms in total. The molecule has 0 amide bonds. The van der Waals surface area contributed by atoms with Gasteiger partial charge in [0, 0.05) is 36.9 Å². The summed E-state index contributed by atoms with van der Waals surface area (Å²) in [5.74, 6) is -0.0219. The van der Waals surface area contributed by atoms with Crippen molar-refractivity contribution in [3.05, 3.63) is 74.8 Å². The summed E-state index contributed by atoms with van der Waals surface area (Å²) in [5, 5.41) is 15.6. The van der Waals surface area contributed by atoms with Gasteiger partial charge in [0.25, 0.3) is 0 Å². The second-order valence-electron chi connectivity index (χ2n) is 6.85. The Balaban J connectivity index is 1.57. The van der Waals surface area contributed by atoms with E-state index in [9.17, 15) is 14.5 Å². The van der Waals surface area contributed by atoms with Gasteiger partial charge in [0.1, 0.15) is 12.1 Å². The molecule has 1 N–H and O–H groups in total. The zero-order chi connectivity index (χ0) is 22.0. The summed E-state index contributed by atoms with van der Waals surface area (Å²) in [5.41, 5.74) is 1.11. The fourth-order valence-electron chi connectivity index (χ4n) is 3.41. The van der Waals surface area contributed by atoms with E-state index >= 15 is 0 Å². The Bertz CT molecular complexity index is 1110. The lowest BCUT2D eigenvalue weighted by atomic mass is 10.2. The first-order valence-electron chi connectivity index (χ1n) is 9.39. The molecule has 0 aliphatic carbocycles. The van der Waals surface area contributed by atoms with Crippen LogP contribution in [0.5, 0.6) is 0 Å². The predicted octanol–water partition coefficient (Wildman–Crippen LogP) is 4.90. The van der Waals surface area contributed by atoms with Crippen molar-refractivity contribution in [1.29, 1.82) is 0 Å². The monoisotopic (exact) mass is 462 g/mol. The highest BCUT2D eigenvalue weighted by molar-refractivity contribution is 6.36. The van der Waals surface area contributed by atoms with Gasteiger partial charge in [-0.15, -0.1) is 0 Å². The minimum Gasteiger partial charge on any atom is -0.368 e. The highest BCUT2D eigenvalue weighted by Gasteiger charge is 2.29. The van der Waals surface area contributed by atoms with Gasteiger partial charge in [-0.2, -0.15) is 0 Å². The molecule has 1 fully saturated rings. The lowest BCUT2D eigenvalue weighted by Crippen LogP contribution is -2.47. The van der Waals surface area contributed by atoms with Crippen molar-refractivity contribution in [3.8, 4) is 0 Å². The molecule has 2 heterocycles. The van der Waals surface area contributed by atoms with E-state index < -0.39 is 4.92 Å². The van der Waals surface area contributed by atoms with Crippen LogP contribution in [0.4, 0.5) is 33.1 Å². The number of nitrogens with one attached hydrogen (secondary N) is 1. The standard InChI is InChI=1S/C20H17Cl2FN6O2/c21-13-1-6-17(16(22)11-13)26-19-18(29(30)31)20(25-12-24-19)28-9-7-27(8-10-28)15-4-2-14(23)3-5-15/h1-6,11-12H,7-10H2,(H,24,25,26). The van der Waals surface area contributed by atoms with E-state index in [-0.39, 0.29) is 23.1 Å². The maximum atomic E-state index is 13.2. The van der Waals surface area contributed by atoms with Crippen molar-refractivity contribution in [2.45, 2.75) is 0 Å². The normalized spacial score (nSPS) is 13.9. The van der Waals surface area contributed by atoms with Crippen LogP contribution in [0.1, 0.15) is 0 Å². The molecule has 4 rings (SSSR count). The molecule has 3 aromatic rings. The third-order valence-electron chi connectivity index (χ3n) is 4.94. The van der Waals surface area contributed by atoms with E-state index in [1.807, 2.05) is 4.90 Å². The Morgan fingerprint density at radius 3 is 2.32 bits per heavy atom. The molecule has 0 saturated carbocycles. The average Bonchev–Trinajstić information content (AvgIpc) is 2.76. The third-order valence-corrected chi connectivity index (χ3v) is 5.49. The van der Waals surface area contributed by atoms with Gasteiger partial charge in [-0.25, -0.2) is 14.4 Å². The van der Waals surface area contributed by atoms with Crippen molar-refractivity contribution < 1.29 is 9.31 Å². The molecule has 1 aliphatic heterocycles. The molecule has 0 spiro atoms. The molecule has 0 unspecified atom stereocenters. The SMILES string of the molecule is O=[N+]([O-])c1c(Nc2ccc(Cl)cc2Cl)ncnc1N1CCN(c2ccc(F)cc2)CC1. The van der Waals surface area contributed by atoms with Crippen molar-refractivity contribution in [2.75, 3.05) is 41.3 Å². The second-order valence-corrected chi connectivity index (χ2v) is 7.69. The van der Waals surface area contributed by atoms with Gasteiger partial charge in [-0.3, -0.25) is 10.1 Å². The predicted molar refractivity (Wildman–Crippen MR) is 119 cm³/mol. The molecule has 31 heavy (non-hydrogen) atoms. The lowest BCUT2D eigenvalue weighted by Gasteiger charge is -2.36. The Morgan fingerprint density at radius 2 is 1.68 bits per heavy atom. The number of anilines is 4. The summed E-state index contributed by atoms with van der Waals surface area (Å²) in [6, 6.07) is 11.0. The van der Waals surface area contributed by atoms with Gasteiger partial charge in [-0.05, 0) is 42.5 Å². The minimum atomic E-state index is -0.506. The summed E-state index contributed by atoms with van der Waals surface area (Å²) in [6.07, 6.45) is 1.28. The molecule has 1 aliphatic rings. The Morgan fingerprint density at radius 1 is 1.00 bits per heavy atom. The molecule has 0 radical (unpaired) electrons. The molecule has 0 atom stereocenters. The lowest BCUT2D eigenvalue weighted by molar-refractivity contribution is -0.383. The van der Waals surface area contributed by atoms with Crippen LogP contribution in [-0.4, -0.2) is 41.1 Å². The summed E-state index contributed by atoms with van der Waals surface area (Å²) in [7, 11) is 0. The highest BCUT2D eigenvalue weighted by atomic mass is 35.5. The second kappa shape index (κ2) is 8.91. The first-order chi connectivity index (χ1) is 14.9. The van der Waals surface area contributed by atoms with E-state index in [4.69, 9.17) is 23.2 Å². The zero-order valence-electron chi connectivity index (χ0n) is 16.1. The van der Waals surface area contributed by atoms with Crippen LogP contribution in [0.15, 0.2) is 48.8 Å². The van der Waals surface area contributed by atoms with Crippen LogP contribution >= 0.6 is 23.2 Å². The van der Waals surface area contributed by atoms with E-state index in [0.717, 1.165) is 5.69 Å². The van der Waals surface area contributed by atoms with Crippen LogP contribution < -0.4 is 15.1 Å². The molecular formula is C20H17Cl2FN6O2. The highest BCUT2D eigenvalue weighted by Crippen LogP contribution is 2.36. The number of nitrogens with zero attached hydrogens (tertiary/aromatic N) is 5. The van der Waals surface area contributed by atoms with Gasteiger partial charge >= 0.3 is 5.69 Å². The number of benzene rings is 2. The molecule has 2 aromatic carbocycles. The summed E-state index contributed by atoms with van der Waals surface area (Å²) in [4.78, 5) is 23.6. The molecule has 11 heteroatoms. The summed E-state index contributed by atoms with van der Waals surface area (Å²) >= 11 is 12.1. The van der Waals surface area contributed by atoms with Gasteiger partial charge in [0.15, 0.2) is 0 Å². The van der Waals surface area contributed by atoms with Crippen LogP contribution in [0.25, 0.3) is 0 Å². The van der Waals surface area contributed by atoms with E-state index in [0.29, 0.717) is 41.9 Å². The number of piperazine rings is 1. The fourth-order valence-corrected chi connectivity index (χ4v) is 3.86. The molecule has 160 valence electrons. The number of hydrogen-bond acceptors (Lipinski definition) is 7. The van der Waals surface area contributed by atoms with Crippen LogP contribution in [-0.2, 0) is 0 Å². The van der Waals surface area contributed by atoms with E-state index in [1.165, 1.54) is 24.5 Å². The van der Waals surface area contributed by atoms with Crippen molar-refractivity contribution in [3.63, 3.8) is 0 Å². The van der Waals surface area contributed by atoms with E-state index in [2.05, 4.69) is 20.2 Å². The average molecular weight is 463 g/mol. The number of rotatable bonds is 5. The third kappa shape index (κ3) is 4.62. The molecule has 1 saturated heterocycles. The van der Waals surface area contributed by atoms with Crippen molar-refractivity contribution in [1.82, 2.24) is 9.97 Å². The fraction of sp³-hybridized carbons (Fsp3) is 0.200.